The van der Waals surface area contributed by atoms with Crippen LogP contribution in [0.1, 0.15) is 41.6 Å². The Morgan fingerprint density at radius 2 is 1.88 bits per heavy atom. The Morgan fingerprint density at radius 1 is 1.00 bits per heavy atom. The second-order valence-electron chi connectivity index (χ2n) is 8.96. The Kier molecular flexibility index (Phi) is 6.19. The highest BCUT2D eigenvalue weighted by atomic mass is 16.2. The normalized spacial score (nSPS) is 20.4. The summed E-state index contributed by atoms with van der Waals surface area (Å²) < 4.78 is 1.67. The van der Waals surface area contributed by atoms with Crippen molar-refractivity contribution in [3.05, 3.63) is 78.2 Å². The molecule has 0 N–H and O–H groups in total. The minimum Gasteiger partial charge on any atom is -0.340 e. The number of hydrogen-bond acceptors (Lipinski definition) is 4. The van der Waals surface area contributed by atoms with Gasteiger partial charge in [-0.3, -0.25) is 9.59 Å². The fourth-order valence-electron chi connectivity index (χ4n) is 5.07. The molecule has 0 aliphatic carbocycles. The molecule has 2 saturated heterocycles. The predicted octanol–water partition coefficient (Wildman–Crippen LogP) is 3.35. The lowest BCUT2D eigenvalue weighted by atomic mass is 9.98. The summed E-state index contributed by atoms with van der Waals surface area (Å²) in [7, 11) is 0. The van der Waals surface area contributed by atoms with Crippen molar-refractivity contribution in [2.45, 2.75) is 38.1 Å². The summed E-state index contributed by atoms with van der Waals surface area (Å²) >= 11 is 0. The number of amides is 2. The lowest BCUT2D eigenvalue weighted by Gasteiger charge is -2.30. The molecule has 1 aromatic carbocycles. The van der Waals surface area contributed by atoms with E-state index < -0.39 is 0 Å². The van der Waals surface area contributed by atoms with Crippen molar-refractivity contribution in [3.8, 4) is 5.82 Å². The number of rotatable bonds is 5. The van der Waals surface area contributed by atoms with Crippen molar-refractivity contribution in [2.75, 3.05) is 19.6 Å². The van der Waals surface area contributed by atoms with Gasteiger partial charge in [-0.1, -0.05) is 36.8 Å². The molecule has 3 aromatic rings. The van der Waals surface area contributed by atoms with E-state index in [0.29, 0.717) is 30.3 Å². The van der Waals surface area contributed by atoms with Crippen molar-refractivity contribution in [1.29, 1.82) is 0 Å². The summed E-state index contributed by atoms with van der Waals surface area (Å²) in [5.41, 5.74) is 1.77. The summed E-state index contributed by atoms with van der Waals surface area (Å²) in [5, 5.41) is 4.19. The van der Waals surface area contributed by atoms with Crippen LogP contribution in [-0.4, -0.2) is 62.1 Å². The lowest BCUT2D eigenvalue weighted by molar-refractivity contribution is -0.130. The fraction of sp³-hybridized carbons (Fsp3) is 0.385. The van der Waals surface area contributed by atoms with E-state index in [4.69, 9.17) is 0 Å². The molecule has 2 aliphatic heterocycles. The largest absolute Gasteiger partial charge is 0.340 e. The Labute approximate surface area is 194 Å². The fourth-order valence-corrected chi connectivity index (χ4v) is 5.07. The van der Waals surface area contributed by atoms with Crippen LogP contribution in [0, 0.1) is 5.92 Å². The molecule has 2 aliphatic rings. The first-order valence-electron chi connectivity index (χ1n) is 11.8. The second-order valence-corrected chi connectivity index (χ2v) is 8.96. The molecule has 0 spiro atoms. The molecule has 0 radical (unpaired) electrons. The number of carbonyl (C=O) groups excluding carboxylic acids is 2. The number of aromatic nitrogens is 3. The highest BCUT2D eigenvalue weighted by molar-refractivity contribution is 5.94. The zero-order valence-electron chi connectivity index (χ0n) is 18.7. The van der Waals surface area contributed by atoms with Gasteiger partial charge in [0.1, 0.15) is 0 Å². The van der Waals surface area contributed by atoms with Crippen molar-refractivity contribution >= 4 is 11.8 Å². The quantitative estimate of drug-likeness (QED) is 0.606. The molecule has 7 nitrogen and oxygen atoms in total. The lowest BCUT2D eigenvalue weighted by Crippen LogP contribution is -2.44. The maximum absolute atomic E-state index is 13.4. The van der Waals surface area contributed by atoms with Crippen LogP contribution < -0.4 is 0 Å². The van der Waals surface area contributed by atoms with Gasteiger partial charge in [0.15, 0.2) is 5.82 Å². The monoisotopic (exact) mass is 443 g/mol. The van der Waals surface area contributed by atoms with Gasteiger partial charge in [0.2, 0.25) is 5.91 Å². The average molecular weight is 444 g/mol. The minimum absolute atomic E-state index is 0.00463. The van der Waals surface area contributed by atoms with E-state index in [0.717, 1.165) is 38.8 Å². The summed E-state index contributed by atoms with van der Waals surface area (Å²) in [5.74, 6) is 1.21. The van der Waals surface area contributed by atoms with E-state index in [1.54, 1.807) is 17.1 Å². The third-order valence-corrected chi connectivity index (χ3v) is 6.85. The maximum Gasteiger partial charge on any atom is 0.255 e. The summed E-state index contributed by atoms with van der Waals surface area (Å²) in [4.78, 5) is 34.8. The van der Waals surface area contributed by atoms with Crippen molar-refractivity contribution in [3.63, 3.8) is 0 Å². The van der Waals surface area contributed by atoms with Crippen LogP contribution >= 0.6 is 0 Å². The topological polar surface area (TPSA) is 71.3 Å². The number of benzene rings is 1. The molecule has 33 heavy (non-hydrogen) atoms. The van der Waals surface area contributed by atoms with Crippen LogP contribution in [0.5, 0.6) is 0 Å². The van der Waals surface area contributed by atoms with Crippen LogP contribution in [0.25, 0.3) is 5.82 Å². The summed E-state index contributed by atoms with van der Waals surface area (Å²) in [6.07, 6.45) is 9.58. The van der Waals surface area contributed by atoms with Gasteiger partial charge >= 0.3 is 0 Å². The standard InChI is InChI=1S/C26H29N5O2/c32-25(13-10-20-7-2-1-3-8-20)29-18-22-9-4-5-15-30(23(22)19-29)26(33)21-11-12-24(27-17-21)31-16-6-14-28-31/h1-3,6-8,11-12,14,16-17,22-23H,4-5,9-10,13,15,18-19H2/t22-,23+/m0/s1. The first-order valence-corrected chi connectivity index (χ1v) is 11.8. The van der Waals surface area contributed by atoms with Crippen molar-refractivity contribution in [1.82, 2.24) is 24.6 Å². The van der Waals surface area contributed by atoms with E-state index in [2.05, 4.69) is 22.2 Å². The number of carbonyl (C=O) groups is 2. The molecule has 0 unspecified atom stereocenters. The number of nitrogens with zero attached hydrogens (tertiary/aromatic N) is 5. The van der Waals surface area contributed by atoms with Gasteiger partial charge in [-0.05, 0) is 48.9 Å². The molecule has 2 fully saturated rings. The molecule has 2 amide bonds. The van der Waals surface area contributed by atoms with Crippen molar-refractivity contribution in [2.24, 2.45) is 5.92 Å². The van der Waals surface area contributed by atoms with E-state index in [1.165, 1.54) is 5.56 Å². The number of aryl methyl sites for hydroxylation is 1. The third kappa shape index (κ3) is 4.67. The summed E-state index contributed by atoms with van der Waals surface area (Å²) in [6, 6.07) is 15.7. The molecule has 7 heteroatoms. The Morgan fingerprint density at radius 3 is 2.64 bits per heavy atom. The second kappa shape index (κ2) is 9.57. The SMILES string of the molecule is O=C(CCc1ccccc1)N1C[C@@H]2CCCCN(C(=O)c3ccc(-n4cccn4)nc3)[C@@H]2C1. The molecule has 0 bridgehead atoms. The Hall–Kier alpha value is -3.48. The molecule has 2 atom stereocenters. The van der Waals surface area contributed by atoms with Gasteiger partial charge in [-0.15, -0.1) is 0 Å². The van der Waals surface area contributed by atoms with Gasteiger partial charge < -0.3 is 9.80 Å². The Bertz CT molecular complexity index is 1080. The van der Waals surface area contributed by atoms with Crippen molar-refractivity contribution < 1.29 is 9.59 Å². The Balaban J connectivity index is 1.26. The molecule has 2 aromatic heterocycles. The number of fused-ring (bicyclic) bond motifs is 1. The average Bonchev–Trinajstić information content (AvgIpc) is 3.50. The molecule has 4 heterocycles. The van der Waals surface area contributed by atoms with Crippen LogP contribution in [-0.2, 0) is 11.2 Å². The van der Waals surface area contributed by atoms with Crippen LogP contribution in [0.2, 0.25) is 0 Å². The van der Waals surface area contributed by atoms with Crippen LogP contribution in [0.4, 0.5) is 0 Å². The summed E-state index contributed by atoms with van der Waals surface area (Å²) in [6.45, 7) is 2.11. The predicted molar refractivity (Wildman–Crippen MR) is 125 cm³/mol. The zero-order chi connectivity index (χ0) is 22.6. The molecule has 0 saturated carbocycles. The van der Waals surface area contributed by atoms with Gasteiger partial charge in [-0.25, -0.2) is 9.67 Å². The van der Waals surface area contributed by atoms with Gasteiger partial charge in [0, 0.05) is 44.6 Å². The number of pyridine rings is 1. The highest BCUT2D eigenvalue weighted by Crippen LogP contribution is 2.31. The van der Waals surface area contributed by atoms with Crippen LogP contribution in [0.15, 0.2) is 67.1 Å². The molecule has 5 rings (SSSR count). The molecular weight excluding hydrogens is 414 g/mol. The smallest absolute Gasteiger partial charge is 0.255 e. The van der Waals surface area contributed by atoms with E-state index >= 15 is 0 Å². The molecule has 170 valence electrons. The maximum atomic E-state index is 13.4. The first-order chi connectivity index (χ1) is 16.2. The third-order valence-electron chi connectivity index (χ3n) is 6.85. The highest BCUT2D eigenvalue weighted by Gasteiger charge is 2.41. The van der Waals surface area contributed by atoms with Gasteiger partial charge in [-0.2, -0.15) is 5.10 Å². The van der Waals surface area contributed by atoms with E-state index in [9.17, 15) is 9.59 Å². The van der Waals surface area contributed by atoms with Gasteiger partial charge in [0.05, 0.1) is 11.6 Å². The zero-order valence-corrected chi connectivity index (χ0v) is 18.7. The van der Waals surface area contributed by atoms with E-state index in [-0.39, 0.29) is 17.9 Å². The first kappa shape index (κ1) is 21.4. The number of likely N-dealkylation sites (tertiary alicyclic amines) is 2. The minimum atomic E-state index is 0.00463. The van der Waals surface area contributed by atoms with Gasteiger partial charge in [0.25, 0.3) is 5.91 Å². The van der Waals surface area contributed by atoms with Crippen LogP contribution in [0.3, 0.4) is 0 Å². The number of hydrogen-bond donors (Lipinski definition) is 0. The molecular formula is C26H29N5O2. The van der Waals surface area contributed by atoms with E-state index in [1.807, 2.05) is 52.4 Å².